The fourth-order valence-corrected chi connectivity index (χ4v) is 4.31. The van der Waals surface area contributed by atoms with Gasteiger partial charge in [0, 0.05) is 36.6 Å². The van der Waals surface area contributed by atoms with E-state index >= 15 is 0 Å². The molecule has 8 nitrogen and oxygen atoms in total. The molecule has 0 saturated carbocycles. The van der Waals surface area contributed by atoms with E-state index in [-0.39, 0.29) is 10.8 Å². The topological polar surface area (TPSA) is 108 Å². The predicted molar refractivity (Wildman–Crippen MR) is 124 cm³/mol. The Kier molecular flexibility index (Phi) is 8.18. The van der Waals surface area contributed by atoms with E-state index in [0.717, 1.165) is 12.2 Å². The molecular weight excluding hydrogens is 416 g/mol. The Hall–Kier alpha value is -2.91. The second-order valence-corrected chi connectivity index (χ2v) is 9.18. The van der Waals surface area contributed by atoms with Gasteiger partial charge in [-0.15, -0.1) is 0 Å². The van der Waals surface area contributed by atoms with E-state index in [1.54, 1.807) is 12.1 Å². The van der Waals surface area contributed by atoms with Crippen LogP contribution in [0, 0.1) is 0 Å². The van der Waals surface area contributed by atoms with Crippen molar-refractivity contribution in [1.29, 1.82) is 0 Å². The van der Waals surface area contributed by atoms with E-state index in [4.69, 9.17) is 0 Å². The van der Waals surface area contributed by atoms with Gasteiger partial charge in [0.25, 0.3) is 0 Å². The maximum absolute atomic E-state index is 12.6. The number of benzene rings is 2. The molecule has 2 aromatic rings. The average Bonchev–Trinajstić information content (AvgIpc) is 2.69. The van der Waals surface area contributed by atoms with Gasteiger partial charge in [-0.1, -0.05) is 0 Å². The summed E-state index contributed by atoms with van der Waals surface area (Å²) in [5.41, 5.74) is 2.12. The van der Waals surface area contributed by atoms with Crippen LogP contribution in [0.2, 0.25) is 0 Å². The minimum absolute atomic E-state index is 0.000975. The quantitative estimate of drug-likeness (QED) is 0.548. The maximum Gasteiger partial charge on any atom is 0.242 e. The maximum atomic E-state index is 12.6. The molecule has 0 bridgehead atoms. The lowest BCUT2D eigenvalue weighted by atomic mass is 10.2. The van der Waals surface area contributed by atoms with Crippen LogP contribution in [0.5, 0.6) is 0 Å². The number of nitrogens with one attached hydrogen (secondary N) is 3. The lowest BCUT2D eigenvalue weighted by Crippen LogP contribution is -2.41. The molecule has 2 amide bonds. The molecule has 0 heterocycles. The average molecular weight is 447 g/mol. The molecule has 0 saturated heterocycles. The molecule has 2 aromatic carbocycles. The number of nitrogens with zero attached hydrogens (tertiary/aromatic N) is 1. The number of carbonyl (C=O) groups excluding carboxylic acids is 2. The van der Waals surface area contributed by atoms with Crippen LogP contribution in [0.3, 0.4) is 0 Å². The molecule has 2 rings (SSSR count). The zero-order chi connectivity index (χ0) is 23.2. The summed E-state index contributed by atoms with van der Waals surface area (Å²) in [6, 6.07) is 12.5. The minimum Gasteiger partial charge on any atom is -0.369 e. The molecule has 0 fully saturated rings. The highest BCUT2D eigenvalue weighted by Crippen LogP contribution is 2.20. The van der Waals surface area contributed by atoms with Crippen LogP contribution >= 0.6 is 0 Å². The molecule has 168 valence electrons. The van der Waals surface area contributed by atoms with E-state index < -0.39 is 22.0 Å². The van der Waals surface area contributed by atoms with Gasteiger partial charge in [0.15, 0.2) is 0 Å². The molecule has 1 unspecified atom stereocenters. The highest BCUT2D eigenvalue weighted by molar-refractivity contribution is 7.89. The van der Waals surface area contributed by atoms with Gasteiger partial charge in [-0.25, -0.2) is 8.42 Å². The van der Waals surface area contributed by atoms with Crippen molar-refractivity contribution >= 4 is 38.9 Å². The molecule has 31 heavy (non-hydrogen) atoms. The fourth-order valence-electron chi connectivity index (χ4n) is 3.11. The van der Waals surface area contributed by atoms with Crippen LogP contribution in [-0.4, -0.2) is 38.9 Å². The molecule has 0 aliphatic rings. The third-order valence-corrected chi connectivity index (χ3v) is 6.20. The highest BCUT2D eigenvalue weighted by atomic mass is 32.2. The van der Waals surface area contributed by atoms with Crippen LogP contribution in [0.1, 0.15) is 34.6 Å². The molecule has 0 aliphatic carbocycles. The SMILES string of the molecule is CCN(c1ccc(NC(=O)C(C)NS(=O)(=O)c2ccc(NC(C)=O)cc2)cc1)C(C)C. The van der Waals surface area contributed by atoms with Gasteiger partial charge in [-0.05, 0) is 76.2 Å². The number of amides is 2. The lowest BCUT2D eigenvalue weighted by molar-refractivity contribution is -0.117. The van der Waals surface area contributed by atoms with Gasteiger partial charge < -0.3 is 15.5 Å². The van der Waals surface area contributed by atoms with Crippen molar-refractivity contribution in [2.45, 2.75) is 51.6 Å². The molecular formula is C22H30N4O4S. The van der Waals surface area contributed by atoms with E-state index in [0.29, 0.717) is 17.4 Å². The molecule has 3 N–H and O–H groups in total. The van der Waals surface area contributed by atoms with Gasteiger partial charge in [-0.2, -0.15) is 4.72 Å². The smallest absolute Gasteiger partial charge is 0.242 e. The van der Waals surface area contributed by atoms with Crippen LogP contribution in [0.25, 0.3) is 0 Å². The molecule has 0 aliphatic heterocycles. The zero-order valence-electron chi connectivity index (χ0n) is 18.5. The third-order valence-electron chi connectivity index (χ3n) is 4.64. The summed E-state index contributed by atoms with van der Waals surface area (Å²) in [6.45, 7) is 10.0. The molecule has 0 spiro atoms. The van der Waals surface area contributed by atoms with Crippen molar-refractivity contribution in [3.63, 3.8) is 0 Å². The summed E-state index contributed by atoms with van der Waals surface area (Å²) >= 11 is 0. The van der Waals surface area contributed by atoms with Gasteiger partial charge in [0.1, 0.15) is 0 Å². The lowest BCUT2D eigenvalue weighted by Gasteiger charge is -2.27. The summed E-state index contributed by atoms with van der Waals surface area (Å²) in [7, 11) is -3.90. The van der Waals surface area contributed by atoms with Gasteiger partial charge in [-0.3, -0.25) is 9.59 Å². The first-order valence-corrected chi connectivity index (χ1v) is 11.6. The van der Waals surface area contributed by atoms with Crippen molar-refractivity contribution in [2.75, 3.05) is 22.1 Å². The first kappa shape index (κ1) is 24.4. The second-order valence-electron chi connectivity index (χ2n) is 7.46. The normalized spacial score (nSPS) is 12.3. The van der Waals surface area contributed by atoms with Crippen molar-refractivity contribution in [3.05, 3.63) is 48.5 Å². The van der Waals surface area contributed by atoms with Crippen LogP contribution < -0.4 is 20.3 Å². The van der Waals surface area contributed by atoms with E-state index in [2.05, 4.69) is 41.0 Å². The molecule has 9 heteroatoms. The summed E-state index contributed by atoms with van der Waals surface area (Å²) in [4.78, 5) is 25.8. The zero-order valence-corrected chi connectivity index (χ0v) is 19.3. The van der Waals surface area contributed by atoms with Crippen molar-refractivity contribution in [3.8, 4) is 0 Å². The third kappa shape index (κ3) is 6.80. The van der Waals surface area contributed by atoms with E-state index in [1.807, 2.05) is 12.1 Å². The summed E-state index contributed by atoms with van der Waals surface area (Å²) in [5.74, 6) is -0.721. The summed E-state index contributed by atoms with van der Waals surface area (Å²) in [6.07, 6.45) is 0. The Labute approximate surface area is 184 Å². The largest absolute Gasteiger partial charge is 0.369 e. The Bertz CT molecular complexity index is 1000. The highest BCUT2D eigenvalue weighted by Gasteiger charge is 2.22. The predicted octanol–water partition coefficient (Wildman–Crippen LogP) is 3.19. The molecule has 0 aromatic heterocycles. The van der Waals surface area contributed by atoms with Gasteiger partial charge in [0.2, 0.25) is 21.8 Å². The van der Waals surface area contributed by atoms with Crippen LogP contribution in [0.15, 0.2) is 53.4 Å². The Morgan fingerprint density at radius 1 is 0.903 bits per heavy atom. The second kappa shape index (κ2) is 10.4. The van der Waals surface area contributed by atoms with E-state index in [1.165, 1.54) is 38.1 Å². The van der Waals surface area contributed by atoms with Crippen molar-refractivity contribution < 1.29 is 18.0 Å². The van der Waals surface area contributed by atoms with Crippen molar-refractivity contribution in [1.82, 2.24) is 4.72 Å². The summed E-state index contributed by atoms with van der Waals surface area (Å²) in [5, 5.41) is 5.30. The van der Waals surface area contributed by atoms with Gasteiger partial charge in [0.05, 0.1) is 10.9 Å². The minimum atomic E-state index is -3.90. The number of carbonyl (C=O) groups is 2. The van der Waals surface area contributed by atoms with Gasteiger partial charge >= 0.3 is 0 Å². The Balaban J connectivity index is 2.02. The standard InChI is InChI=1S/C22H30N4O4S/c1-6-26(15(2)3)20-11-7-19(8-12-20)24-22(28)16(4)25-31(29,30)21-13-9-18(10-14-21)23-17(5)27/h7-16,25H,6H2,1-5H3,(H,23,27)(H,24,28). The first-order chi connectivity index (χ1) is 14.5. The van der Waals surface area contributed by atoms with Crippen molar-refractivity contribution in [2.24, 2.45) is 0 Å². The van der Waals surface area contributed by atoms with Crippen LogP contribution in [-0.2, 0) is 19.6 Å². The Morgan fingerprint density at radius 3 is 1.90 bits per heavy atom. The number of sulfonamides is 1. The molecule has 0 radical (unpaired) electrons. The number of rotatable bonds is 9. The van der Waals surface area contributed by atoms with Crippen LogP contribution in [0.4, 0.5) is 17.1 Å². The Morgan fingerprint density at radius 2 is 1.42 bits per heavy atom. The summed E-state index contributed by atoms with van der Waals surface area (Å²) < 4.78 is 27.5. The molecule has 1 atom stereocenters. The fraction of sp³-hybridized carbons (Fsp3) is 0.364. The van der Waals surface area contributed by atoms with E-state index in [9.17, 15) is 18.0 Å². The monoisotopic (exact) mass is 446 g/mol. The number of hydrogen-bond donors (Lipinski definition) is 3. The number of hydrogen-bond acceptors (Lipinski definition) is 5. The first-order valence-electron chi connectivity index (χ1n) is 10.1. The number of anilines is 3.